The molecule has 0 N–H and O–H groups in total. The molecule has 0 spiro atoms. The van der Waals surface area contributed by atoms with E-state index >= 15 is 0 Å². The van der Waals surface area contributed by atoms with Gasteiger partial charge < -0.3 is 0 Å². The van der Waals surface area contributed by atoms with Crippen LogP contribution in [0, 0.1) is 0 Å². The zero-order valence-corrected chi connectivity index (χ0v) is 11.0. The Kier molecular flexibility index (Phi) is 3.16. The van der Waals surface area contributed by atoms with Crippen LogP contribution in [0.4, 0.5) is 11.4 Å². The van der Waals surface area contributed by atoms with Crippen molar-refractivity contribution in [2.75, 3.05) is 0 Å². The van der Waals surface area contributed by atoms with Crippen molar-refractivity contribution in [1.82, 2.24) is 0 Å². The van der Waals surface area contributed by atoms with Gasteiger partial charge in [-0.2, -0.15) is 9.98 Å². The molecule has 0 atom stereocenters. The standard InChI is InChI=1S/C16H6N2O4/c19-7-17-9-1-3-11-13(5-9)16(22)12-4-2-10(18-8-20)6-14(12)15(11)21/h1-6H. The Hall–Kier alpha value is -3.46. The second-order valence-electron chi connectivity index (χ2n) is 4.52. The van der Waals surface area contributed by atoms with E-state index in [1.807, 2.05) is 0 Å². The molecule has 0 amide bonds. The Morgan fingerprint density at radius 2 is 1.05 bits per heavy atom. The Morgan fingerprint density at radius 3 is 1.41 bits per heavy atom. The minimum absolute atomic E-state index is 0.181. The van der Waals surface area contributed by atoms with Crippen molar-refractivity contribution in [1.29, 1.82) is 0 Å². The lowest BCUT2D eigenvalue weighted by Crippen LogP contribution is -2.20. The molecular weight excluding hydrogens is 284 g/mol. The summed E-state index contributed by atoms with van der Waals surface area (Å²) in [6.45, 7) is 0. The summed E-state index contributed by atoms with van der Waals surface area (Å²) in [5, 5.41) is 0. The van der Waals surface area contributed by atoms with Crippen LogP contribution in [0.1, 0.15) is 31.8 Å². The smallest absolute Gasteiger partial charge is 0.240 e. The van der Waals surface area contributed by atoms with E-state index in [4.69, 9.17) is 0 Å². The van der Waals surface area contributed by atoms with Crippen LogP contribution in [0.3, 0.4) is 0 Å². The van der Waals surface area contributed by atoms with Crippen LogP contribution in [-0.2, 0) is 9.59 Å². The minimum atomic E-state index is -0.353. The van der Waals surface area contributed by atoms with Crippen LogP contribution in [0.5, 0.6) is 0 Å². The third-order valence-electron chi connectivity index (χ3n) is 3.33. The average Bonchev–Trinajstić information content (AvgIpc) is 2.53. The fraction of sp³-hybridized carbons (Fsp3) is 0. The molecule has 0 aromatic heterocycles. The number of carbonyl (C=O) groups excluding carboxylic acids is 4. The van der Waals surface area contributed by atoms with E-state index in [2.05, 4.69) is 9.98 Å². The third-order valence-corrected chi connectivity index (χ3v) is 3.33. The number of hydrogen-bond acceptors (Lipinski definition) is 6. The first-order valence-corrected chi connectivity index (χ1v) is 6.19. The van der Waals surface area contributed by atoms with E-state index in [-0.39, 0.29) is 45.2 Å². The number of isocyanates is 2. The molecule has 0 unspecified atom stereocenters. The van der Waals surface area contributed by atoms with Crippen LogP contribution < -0.4 is 0 Å². The average molecular weight is 290 g/mol. The lowest BCUT2D eigenvalue weighted by Gasteiger charge is -2.17. The minimum Gasteiger partial charge on any atom is -0.289 e. The van der Waals surface area contributed by atoms with Gasteiger partial charge in [0.05, 0.1) is 11.4 Å². The molecule has 2 aromatic carbocycles. The van der Waals surface area contributed by atoms with Crippen LogP contribution in [0.15, 0.2) is 46.4 Å². The number of fused-ring (bicyclic) bond motifs is 2. The largest absolute Gasteiger partial charge is 0.289 e. The molecule has 0 saturated heterocycles. The van der Waals surface area contributed by atoms with Crippen molar-refractivity contribution in [3.8, 4) is 0 Å². The maximum atomic E-state index is 12.5. The van der Waals surface area contributed by atoms with E-state index in [0.717, 1.165) is 0 Å². The summed E-state index contributed by atoms with van der Waals surface area (Å²) >= 11 is 0. The summed E-state index contributed by atoms with van der Waals surface area (Å²) in [5.41, 5.74) is 1.30. The lowest BCUT2D eigenvalue weighted by atomic mass is 9.83. The Bertz CT molecular complexity index is 856. The summed E-state index contributed by atoms with van der Waals surface area (Å²) in [6, 6.07) is 8.52. The monoisotopic (exact) mass is 290 g/mol. The molecule has 1 aliphatic carbocycles. The van der Waals surface area contributed by atoms with Crippen LogP contribution >= 0.6 is 0 Å². The summed E-state index contributed by atoms with van der Waals surface area (Å²) in [4.78, 5) is 52.4. The second kappa shape index (κ2) is 5.14. The number of nitrogens with zero attached hydrogens (tertiary/aromatic N) is 2. The fourth-order valence-electron chi connectivity index (χ4n) is 2.37. The molecule has 6 nitrogen and oxygen atoms in total. The van der Waals surface area contributed by atoms with Crippen molar-refractivity contribution >= 4 is 35.1 Å². The zero-order valence-electron chi connectivity index (χ0n) is 11.0. The molecule has 0 bridgehead atoms. The number of ketones is 2. The number of aliphatic imine (C=N–C) groups is 2. The number of benzene rings is 2. The molecule has 3 rings (SSSR count). The number of hydrogen-bond donors (Lipinski definition) is 0. The summed E-state index contributed by atoms with van der Waals surface area (Å²) in [5.74, 6) is -0.705. The normalized spacial score (nSPS) is 11.8. The highest BCUT2D eigenvalue weighted by Gasteiger charge is 2.30. The SMILES string of the molecule is O=C=Nc1ccc2c(c1)C(=O)c1ccc(N=C=O)cc1C2=O. The van der Waals surface area contributed by atoms with Gasteiger partial charge in [-0.05, 0) is 36.4 Å². The number of carbonyl (C=O) groups is 2. The summed E-state index contributed by atoms with van der Waals surface area (Å²) in [7, 11) is 0. The van der Waals surface area contributed by atoms with Gasteiger partial charge in [-0.1, -0.05) is 0 Å². The molecule has 22 heavy (non-hydrogen) atoms. The van der Waals surface area contributed by atoms with Crippen molar-refractivity contribution in [2.45, 2.75) is 0 Å². The van der Waals surface area contributed by atoms with Crippen molar-refractivity contribution in [3.63, 3.8) is 0 Å². The molecule has 1 aliphatic rings. The van der Waals surface area contributed by atoms with Gasteiger partial charge >= 0.3 is 0 Å². The predicted octanol–water partition coefficient (Wildman–Crippen LogP) is 2.40. The molecule has 0 aliphatic heterocycles. The zero-order chi connectivity index (χ0) is 15.7. The topological polar surface area (TPSA) is 93.0 Å². The van der Waals surface area contributed by atoms with Gasteiger partial charge in [-0.25, -0.2) is 9.59 Å². The molecule has 6 heteroatoms. The summed E-state index contributed by atoms with van der Waals surface area (Å²) < 4.78 is 0. The van der Waals surface area contributed by atoms with Gasteiger partial charge in [0.15, 0.2) is 11.6 Å². The van der Waals surface area contributed by atoms with Crippen molar-refractivity contribution in [3.05, 3.63) is 58.7 Å². The Morgan fingerprint density at radius 1 is 0.636 bits per heavy atom. The maximum Gasteiger partial charge on any atom is 0.240 e. The van der Waals surface area contributed by atoms with E-state index in [0.29, 0.717) is 0 Å². The van der Waals surface area contributed by atoms with Crippen molar-refractivity contribution in [2.24, 2.45) is 9.98 Å². The summed E-state index contributed by atoms with van der Waals surface area (Å²) in [6.07, 6.45) is 2.77. The predicted molar refractivity (Wildman–Crippen MR) is 75.3 cm³/mol. The molecule has 0 heterocycles. The Balaban J connectivity index is 2.22. The first-order valence-electron chi connectivity index (χ1n) is 6.19. The molecule has 104 valence electrons. The van der Waals surface area contributed by atoms with Crippen LogP contribution in [-0.4, -0.2) is 23.7 Å². The maximum absolute atomic E-state index is 12.5. The van der Waals surface area contributed by atoms with Gasteiger partial charge in [-0.3, -0.25) is 9.59 Å². The molecule has 0 fully saturated rings. The van der Waals surface area contributed by atoms with Crippen LogP contribution in [0.2, 0.25) is 0 Å². The molecular formula is C16H6N2O4. The van der Waals surface area contributed by atoms with Crippen LogP contribution in [0.25, 0.3) is 0 Å². The van der Waals surface area contributed by atoms with Gasteiger partial charge in [0.1, 0.15) is 0 Å². The lowest BCUT2D eigenvalue weighted by molar-refractivity contribution is 0.0979. The van der Waals surface area contributed by atoms with Gasteiger partial charge in [0.2, 0.25) is 12.2 Å². The number of rotatable bonds is 2. The highest BCUT2D eigenvalue weighted by molar-refractivity contribution is 6.28. The molecule has 0 radical (unpaired) electrons. The highest BCUT2D eigenvalue weighted by atomic mass is 16.1. The second-order valence-corrected chi connectivity index (χ2v) is 4.52. The van der Waals surface area contributed by atoms with Crippen molar-refractivity contribution < 1.29 is 19.2 Å². The first-order chi connectivity index (χ1) is 10.7. The van der Waals surface area contributed by atoms with Gasteiger partial charge in [0.25, 0.3) is 0 Å². The highest BCUT2D eigenvalue weighted by Crippen LogP contribution is 2.31. The van der Waals surface area contributed by atoms with E-state index < -0.39 is 0 Å². The quantitative estimate of drug-likeness (QED) is 0.535. The van der Waals surface area contributed by atoms with E-state index in [1.165, 1.54) is 48.6 Å². The third kappa shape index (κ3) is 2.01. The van der Waals surface area contributed by atoms with Gasteiger partial charge in [-0.15, -0.1) is 0 Å². The first kappa shape index (κ1) is 13.5. The fourth-order valence-corrected chi connectivity index (χ4v) is 2.37. The van der Waals surface area contributed by atoms with E-state index in [1.54, 1.807) is 0 Å². The molecule has 0 saturated carbocycles. The van der Waals surface area contributed by atoms with Gasteiger partial charge in [0, 0.05) is 22.3 Å². The Labute approximate surface area is 123 Å². The molecule has 2 aromatic rings. The van der Waals surface area contributed by atoms with E-state index in [9.17, 15) is 19.2 Å².